The molecule has 0 aliphatic heterocycles. The molecule has 2 aromatic rings. The molecule has 9 heteroatoms. The molecule has 0 saturated carbocycles. The molecular weight excluding hydrogens is 358 g/mol. The number of ether oxygens (including phenoxy) is 2. The Bertz CT molecular complexity index is 716. The largest absolute Gasteiger partial charge is 0.497 e. The Hall–Kier alpha value is -2.45. The Balaban J connectivity index is 0.00000312. The monoisotopic (exact) mass is 374 g/mol. The molecule has 25 heavy (non-hydrogen) atoms. The molecule has 1 N–H and O–H groups in total. The predicted molar refractivity (Wildman–Crippen MR) is 90.5 cm³/mol. The van der Waals surface area contributed by atoms with Gasteiger partial charge in [-0.05, 0) is 23.8 Å². The molecule has 0 spiro atoms. The van der Waals surface area contributed by atoms with Gasteiger partial charge in [-0.15, -0.1) is 12.4 Å². The minimum Gasteiger partial charge on any atom is -0.497 e. The van der Waals surface area contributed by atoms with Crippen LogP contribution in [0.2, 0.25) is 0 Å². The Morgan fingerprint density at radius 1 is 1.20 bits per heavy atom. The van der Waals surface area contributed by atoms with Gasteiger partial charge in [-0.3, -0.25) is 10.1 Å². The van der Waals surface area contributed by atoms with Gasteiger partial charge in [-0.1, -0.05) is 12.1 Å². The molecule has 0 aromatic heterocycles. The number of nitrogens with one attached hydrogen (secondary N) is 1. The highest BCUT2D eigenvalue weighted by atomic mass is 35.5. The number of methoxy groups -OCH3 is 1. The summed E-state index contributed by atoms with van der Waals surface area (Å²) >= 11 is 0. The quantitative estimate of drug-likeness (QED) is 0.560. The molecule has 0 amide bonds. The number of benzene rings is 2. The minimum absolute atomic E-state index is 0. The summed E-state index contributed by atoms with van der Waals surface area (Å²) in [5, 5.41) is 13.9. The summed E-state index contributed by atoms with van der Waals surface area (Å²) in [5.41, 5.74) is 1.03. The second-order valence-electron chi connectivity index (χ2n) is 4.88. The van der Waals surface area contributed by atoms with Crippen LogP contribution in [-0.4, -0.2) is 18.6 Å². The number of hydrogen-bond donors (Lipinski definition) is 1. The lowest BCUT2D eigenvalue weighted by Crippen LogP contribution is -2.15. The first kappa shape index (κ1) is 20.6. The number of nitro groups is 1. The van der Waals surface area contributed by atoms with Crippen molar-refractivity contribution in [2.45, 2.75) is 19.7 Å². The topological polar surface area (TPSA) is 73.6 Å². The van der Waals surface area contributed by atoms with Gasteiger partial charge in [0.15, 0.2) is 0 Å². The molecule has 136 valence electrons. The van der Waals surface area contributed by atoms with E-state index in [4.69, 9.17) is 4.74 Å². The molecule has 0 heterocycles. The third-order valence-corrected chi connectivity index (χ3v) is 3.25. The summed E-state index contributed by atoms with van der Waals surface area (Å²) in [5.74, 6) is 0.611. The number of nitrogens with zero attached hydrogens (tertiary/aromatic N) is 1. The SMILES string of the molecule is COc1cccc(CNCc2cc([N+](=O)[O-])ccc2OC(F)F)c1.Cl. The second kappa shape index (κ2) is 9.75. The first-order chi connectivity index (χ1) is 11.5. The van der Waals surface area contributed by atoms with E-state index in [0.29, 0.717) is 12.3 Å². The van der Waals surface area contributed by atoms with E-state index in [1.54, 1.807) is 13.2 Å². The number of halogens is 3. The van der Waals surface area contributed by atoms with Crippen LogP contribution in [0.4, 0.5) is 14.5 Å². The summed E-state index contributed by atoms with van der Waals surface area (Å²) in [6.07, 6.45) is 0. The lowest BCUT2D eigenvalue weighted by atomic mass is 10.1. The van der Waals surface area contributed by atoms with Crippen LogP contribution in [0, 0.1) is 10.1 Å². The molecule has 0 aliphatic carbocycles. The van der Waals surface area contributed by atoms with Crippen molar-refractivity contribution in [2.24, 2.45) is 0 Å². The van der Waals surface area contributed by atoms with Crippen LogP contribution in [0.5, 0.6) is 11.5 Å². The van der Waals surface area contributed by atoms with Gasteiger partial charge in [0.25, 0.3) is 5.69 Å². The van der Waals surface area contributed by atoms with E-state index < -0.39 is 11.5 Å². The zero-order valence-corrected chi connectivity index (χ0v) is 14.1. The Morgan fingerprint density at radius 3 is 2.60 bits per heavy atom. The smallest absolute Gasteiger partial charge is 0.387 e. The van der Waals surface area contributed by atoms with Crippen LogP contribution >= 0.6 is 12.4 Å². The number of alkyl halides is 2. The van der Waals surface area contributed by atoms with E-state index in [9.17, 15) is 18.9 Å². The van der Waals surface area contributed by atoms with Gasteiger partial charge in [0, 0.05) is 30.8 Å². The predicted octanol–water partition coefficient (Wildman–Crippen LogP) is 3.92. The van der Waals surface area contributed by atoms with E-state index in [-0.39, 0.29) is 36.0 Å². The van der Waals surface area contributed by atoms with Gasteiger partial charge in [-0.2, -0.15) is 8.78 Å². The molecule has 2 aromatic carbocycles. The molecular formula is C16H17ClF2N2O4. The molecule has 0 bridgehead atoms. The first-order valence-electron chi connectivity index (χ1n) is 7.05. The van der Waals surface area contributed by atoms with Gasteiger partial charge in [0.05, 0.1) is 12.0 Å². The number of rotatable bonds is 8. The van der Waals surface area contributed by atoms with Crippen LogP contribution in [0.3, 0.4) is 0 Å². The fraction of sp³-hybridized carbons (Fsp3) is 0.250. The van der Waals surface area contributed by atoms with Crippen molar-refractivity contribution in [1.82, 2.24) is 5.32 Å². The van der Waals surface area contributed by atoms with Gasteiger partial charge in [0.2, 0.25) is 0 Å². The molecule has 0 atom stereocenters. The summed E-state index contributed by atoms with van der Waals surface area (Å²) < 4.78 is 34.4. The molecule has 0 saturated heterocycles. The lowest BCUT2D eigenvalue weighted by molar-refractivity contribution is -0.385. The van der Waals surface area contributed by atoms with E-state index >= 15 is 0 Å². The van der Waals surface area contributed by atoms with Crippen molar-refractivity contribution in [3.05, 3.63) is 63.7 Å². The summed E-state index contributed by atoms with van der Waals surface area (Å²) in [4.78, 5) is 10.2. The average molecular weight is 375 g/mol. The molecule has 0 aliphatic rings. The van der Waals surface area contributed by atoms with E-state index in [1.165, 1.54) is 12.1 Å². The molecule has 0 radical (unpaired) electrons. The van der Waals surface area contributed by atoms with Crippen molar-refractivity contribution in [2.75, 3.05) is 7.11 Å². The fourth-order valence-electron chi connectivity index (χ4n) is 2.15. The van der Waals surface area contributed by atoms with Gasteiger partial charge in [-0.25, -0.2) is 0 Å². The highest BCUT2D eigenvalue weighted by Crippen LogP contribution is 2.25. The zero-order chi connectivity index (χ0) is 17.5. The minimum atomic E-state index is -3.00. The average Bonchev–Trinajstić information content (AvgIpc) is 2.55. The lowest BCUT2D eigenvalue weighted by Gasteiger charge is -2.12. The van der Waals surface area contributed by atoms with Gasteiger partial charge < -0.3 is 14.8 Å². The Labute approximate surface area is 149 Å². The van der Waals surface area contributed by atoms with Crippen molar-refractivity contribution in [1.29, 1.82) is 0 Å². The molecule has 0 unspecified atom stereocenters. The second-order valence-corrected chi connectivity index (χ2v) is 4.88. The van der Waals surface area contributed by atoms with E-state index in [2.05, 4.69) is 10.1 Å². The molecule has 6 nitrogen and oxygen atoms in total. The van der Waals surface area contributed by atoms with Crippen molar-refractivity contribution in [3.8, 4) is 11.5 Å². The number of non-ortho nitro benzene ring substituents is 1. The first-order valence-corrected chi connectivity index (χ1v) is 7.05. The van der Waals surface area contributed by atoms with Crippen molar-refractivity contribution < 1.29 is 23.2 Å². The van der Waals surface area contributed by atoms with Crippen LogP contribution < -0.4 is 14.8 Å². The number of nitro benzene ring substituents is 1. The van der Waals surface area contributed by atoms with Crippen LogP contribution in [-0.2, 0) is 13.1 Å². The van der Waals surface area contributed by atoms with E-state index in [0.717, 1.165) is 11.6 Å². The zero-order valence-electron chi connectivity index (χ0n) is 13.3. The van der Waals surface area contributed by atoms with Crippen LogP contribution in [0.25, 0.3) is 0 Å². The Kier molecular flexibility index (Phi) is 8.03. The van der Waals surface area contributed by atoms with Crippen LogP contribution in [0.1, 0.15) is 11.1 Å². The van der Waals surface area contributed by atoms with E-state index in [1.807, 2.05) is 18.2 Å². The van der Waals surface area contributed by atoms with Crippen molar-refractivity contribution >= 4 is 18.1 Å². The molecule has 0 fully saturated rings. The highest BCUT2D eigenvalue weighted by molar-refractivity contribution is 5.85. The normalized spacial score (nSPS) is 10.2. The fourth-order valence-corrected chi connectivity index (χ4v) is 2.15. The maximum absolute atomic E-state index is 12.4. The van der Waals surface area contributed by atoms with Crippen LogP contribution in [0.15, 0.2) is 42.5 Å². The summed E-state index contributed by atoms with van der Waals surface area (Å²) in [6.45, 7) is -2.42. The Morgan fingerprint density at radius 2 is 1.96 bits per heavy atom. The summed E-state index contributed by atoms with van der Waals surface area (Å²) in [6, 6.07) is 10.9. The standard InChI is InChI=1S/C16H16F2N2O4.ClH/c1-23-14-4-2-3-11(7-14)9-19-10-12-8-13(20(21)22)5-6-15(12)24-16(17)18;/h2-8,16,19H,9-10H2,1H3;1H. The third-order valence-electron chi connectivity index (χ3n) is 3.25. The van der Waals surface area contributed by atoms with Gasteiger partial charge in [0.1, 0.15) is 11.5 Å². The maximum atomic E-state index is 12.4. The third kappa shape index (κ3) is 6.17. The molecule has 2 rings (SSSR count). The van der Waals surface area contributed by atoms with Crippen molar-refractivity contribution in [3.63, 3.8) is 0 Å². The maximum Gasteiger partial charge on any atom is 0.387 e. The van der Waals surface area contributed by atoms with Gasteiger partial charge >= 0.3 is 6.61 Å². The number of hydrogen-bond acceptors (Lipinski definition) is 5. The summed E-state index contributed by atoms with van der Waals surface area (Å²) in [7, 11) is 1.56. The highest BCUT2D eigenvalue weighted by Gasteiger charge is 2.14.